The Labute approximate surface area is 166 Å². The van der Waals surface area contributed by atoms with Gasteiger partial charge in [0.15, 0.2) is 5.82 Å². The van der Waals surface area contributed by atoms with Crippen LogP contribution in [0.5, 0.6) is 0 Å². The molecule has 1 aliphatic rings. The van der Waals surface area contributed by atoms with E-state index in [0.717, 1.165) is 63.8 Å². The van der Waals surface area contributed by atoms with Crippen LogP contribution in [0.1, 0.15) is 28.5 Å². The summed E-state index contributed by atoms with van der Waals surface area (Å²) in [6.07, 6.45) is 3.62. The van der Waals surface area contributed by atoms with Gasteiger partial charge >= 0.3 is 0 Å². The van der Waals surface area contributed by atoms with Crippen LogP contribution < -0.4 is 0 Å². The van der Waals surface area contributed by atoms with Gasteiger partial charge in [0.05, 0.1) is 12.2 Å². The molecule has 0 radical (unpaired) electrons. The van der Waals surface area contributed by atoms with Crippen molar-refractivity contribution in [2.45, 2.75) is 32.9 Å². The highest BCUT2D eigenvalue weighted by Gasteiger charge is 2.20. The maximum atomic E-state index is 5.47. The van der Waals surface area contributed by atoms with E-state index in [1.165, 1.54) is 16.8 Å². The molecule has 6 nitrogen and oxygen atoms in total. The Morgan fingerprint density at radius 1 is 0.893 bits per heavy atom. The van der Waals surface area contributed by atoms with E-state index in [2.05, 4.69) is 62.2 Å². The quantitative estimate of drug-likeness (QED) is 0.631. The Hall–Kier alpha value is -2.57. The number of hydrogen-bond acceptors (Lipinski definition) is 6. The summed E-state index contributed by atoms with van der Waals surface area (Å²) in [6, 6.07) is 14.5. The van der Waals surface area contributed by atoms with Gasteiger partial charge < -0.3 is 4.52 Å². The number of hydrogen-bond donors (Lipinski definition) is 0. The molecule has 146 valence electrons. The van der Waals surface area contributed by atoms with Crippen LogP contribution in [0.4, 0.5) is 0 Å². The molecule has 1 aromatic carbocycles. The number of aromatic nitrogens is 3. The van der Waals surface area contributed by atoms with E-state index in [4.69, 9.17) is 4.52 Å². The van der Waals surface area contributed by atoms with Crippen LogP contribution >= 0.6 is 0 Å². The minimum atomic E-state index is 0.720. The van der Waals surface area contributed by atoms with Crippen molar-refractivity contribution in [1.29, 1.82) is 0 Å². The minimum Gasteiger partial charge on any atom is -0.338 e. The molecule has 0 amide bonds. The average molecular weight is 377 g/mol. The second-order valence-corrected chi connectivity index (χ2v) is 7.41. The van der Waals surface area contributed by atoms with Crippen molar-refractivity contribution in [3.05, 3.63) is 77.2 Å². The summed E-state index contributed by atoms with van der Waals surface area (Å²) >= 11 is 0. The summed E-state index contributed by atoms with van der Waals surface area (Å²) in [5.41, 5.74) is 3.74. The molecule has 6 heteroatoms. The van der Waals surface area contributed by atoms with Crippen molar-refractivity contribution < 1.29 is 4.52 Å². The third-order valence-electron chi connectivity index (χ3n) is 5.31. The van der Waals surface area contributed by atoms with Crippen molar-refractivity contribution in [3.63, 3.8) is 0 Å². The maximum absolute atomic E-state index is 5.47. The predicted octanol–water partition coefficient (Wildman–Crippen LogP) is 2.88. The number of nitrogens with zero attached hydrogens (tertiary/aromatic N) is 5. The van der Waals surface area contributed by atoms with Crippen molar-refractivity contribution >= 4 is 0 Å². The Morgan fingerprint density at radius 2 is 1.64 bits per heavy atom. The van der Waals surface area contributed by atoms with Gasteiger partial charge in [-0.3, -0.25) is 14.8 Å². The minimum absolute atomic E-state index is 0.720. The molecular weight excluding hydrogens is 350 g/mol. The van der Waals surface area contributed by atoms with Gasteiger partial charge in [0.2, 0.25) is 5.89 Å². The van der Waals surface area contributed by atoms with E-state index < -0.39 is 0 Å². The first-order valence-corrected chi connectivity index (χ1v) is 9.97. The van der Waals surface area contributed by atoms with Crippen molar-refractivity contribution in [2.24, 2.45) is 0 Å². The van der Waals surface area contributed by atoms with E-state index in [-0.39, 0.29) is 0 Å². The zero-order chi connectivity index (χ0) is 19.2. The number of piperazine rings is 1. The fourth-order valence-corrected chi connectivity index (χ4v) is 3.55. The molecule has 2 aromatic heterocycles. The van der Waals surface area contributed by atoms with Gasteiger partial charge in [0.25, 0.3) is 0 Å². The van der Waals surface area contributed by atoms with Crippen LogP contribution in [0.3, 0.4) is 0 Å². The Bertz CT molecular complexity index is 871. The fraction of sp³-hybridized carbons (Fsp3) is 0.409. The second-order valence-electron chi connectivity index (χ2n) is 7.41. The van der Waals surface area contributed by atoms with Crippen molar-refractivity contribution in [2.75, 3.05) is 26.2 Å². The van der Waals surface area contributed by atoms with E-state index in [1.54, 1.807) is 0 Å². The highest BCUT2D eigenvalue weighted by atomic mass is 16.5. The number of rotatable bonds is 7. The lowest BCUT2D eigenvalue weighted by atomic mass is 10.1. The lowest BCUT2D eigenvalue weighted by molar-refractivity contribution is 0.111. The highest BCUT2D eigenvalue weighted by molar-refractivity contribution is 5.17. The Balaban J connectivity index is 1.23. The molecule has 28 heavy (non-hydrogen) atoms. The molecule has 0 bridgehead atoms. The van der Waals surface area contributed by atoms with Crippen molar-refractivity contribution in [1.82, 2.24) is 24.9 Å². The first-order valence-electron chi connectivity index (χ1n) is 9.97. The number of benzene rings is 1. The highest BCUT2D eigenvalue weighted by Crippen LogP contribution is 2.12. The standard InChI is InChI=1S/C22H27N5O/c1-18-6-5-11-23-20(18)16-26-12-14-27(15-13-26)17-22-24-21(25-28-22)10-9-19-7-3-2-4-8-19/h2-8,11H,9-10,12-17H2,1H3. The molecule has 1 saturated heterocycles. The maximum Gasteiger partial charge on any atom is 0.240 e. The van der Waals surface area contributed by atoms with Gasteiger partial charge in [0, 0.05) is 45.3 Å². The average Bonchev–Trinajstić information content (AvgIpc) is 3.18. The fourth-order valence-electron chi connectivity index (χ4n) is 3.55. The van der Waals surface area contributed by atoms with Gasteiger partial charge in [0.1, 0.15) is 0 Å². The van der Waals surface area contributed by atoms with Gasteiger partial charge in [-0.2, -0.15) is 4.98 Å². The van der Waals surface area contributed by atoms with E-state index in [9.17, 15) is 0 Å². The molecule has 1 aliphatic heterocycles. The van der Waals surface area contributed by atoms with Gasteiger partial charge in [-0.15, -0.1) is 0 Å². The van der Waals surface area contributed by atoms with Crippen LogP contribution in [-0.4, -0.2) is 51.1 Å². The molecule has 4 rings (SSSR count). The van der Waals surface area contributed by atoms with Crippen LogP contribution in [-0.2, 0) is 25.9 Å². The van der Waals surface area contributed by atoms with E-state index in [1.807, 2.05) is 18.3 Å². The first kappa shape index (κ1) is 18.8. The second kappa shape index (κ2) is 9.08. The van der Waals surface area contributed by atoms with Crippen LogP contribution in [0.25, 0.3) is 0 Å². The van der Waals surface area contributed by atoms with E-state index >= 15 is 0 Å². The van der Waals surface area contributed by atoms with Gasteiger partial charge in [-0.1, -0.05) is 41.6 Å². The Kier molecular flexibility index (Phi) is 6.09. The molecule has 3 aromatic rings. The summed E-state index contributed by atoms with van der Waals surface area (Å²) < 4.78 is 5.47. The summed E-state index contributed by atoms with van der Waals surface area (Å²) in [5, 5.41) is 4.15. The zero-order valence-corrected chi connectivity index (χ0v) is 16.4. The molecule has 0 N–H and O–H groups in total. The SMILES string of the molecule is Cc1cccnc1CN1CCN(Cc2nc(CCc3ccccc3)no2)CC1. The first-order chi connectivity index (χ1) is 13.8. The lowest BCUT2D eigenvalue weighted by Crippen LogP contribution is -2.45. The summed E-state index contributed by atoms with van der Waals surface area (Å²) in [7, 11) is 0. The molecule has 0 spiro atoms. The topological polar surface area (TPSA) is 58.3 Å². The van der Waals surface area contributed by atoms with Crippen LogP contribution in [0.15, 0.2) is 53.2 Å². The monoisotopic (exact) mass is 377 g/mol. The Morgan fingerprint density at radius 3 is 2.39 bits per heavy atom. The molecule has 0 unspecified atom stereocenters. The summed E-state index contributed by atoms with van der Waals surface area (Å²) in [5.74, 6) is 1.51. The number of pyridine rings is 1. The van der Waals surface area contributed by atoms with Crippen molar-refractivity contribution in [3.8, 4) is 0 Å². The number of aryl methyl sites for hydroxylation is 3. The van der Waals surface area contributed by atoms with Crippen LogP contribution in [0, 0.1) is 6.92 Å². The van der Waals surface area contributed by atoms with Crippen LogP contribution in [0.2, 0.25) is 0 Å². The zero-order valence-electron chi connectivity index (χ0n) is 16.4. The molecule has 0 atom stereocenters. The molecule has 0 saturated carbocycles. The molecule has 1 fully saturated rings. The largest absolute Gasteiger partial charge is 0.338 e. The van der Waals surface area contributed by atoms with Gasteiger partial charge in [-0.25, -0.2) is 0 Å². The molecule has 3 heterocycles. The molecule has 0 aliphatic carbocycles. The summed E-state index contributed by atoms with van der Waals surface area (Å²) in [6.45, 7) is 7.86. The normalized spacial score (nSPS) is 15.8. The smallest absolute Gasteiger partial charge is 0.240 e. The lowest BCUT2D eigenvalue weighted by Gasteiger charge is -2.33. The molecular formula is C22H27N5O. The van der Waals surface area contributed by atoms with Gasteiger partial charge in [-0.05, 0) is 30.5 Å². The third-order valence-corrected chi connectivity index (χ3v) is 5.31. The summed E-state index contributed by atoms with van der Waals surface area (Å²) in [4.78, 5) is 13.9. The van der Waals surface area contributed by atoms with E-state index in [0.29, 0.717) is 0 Å². The predicted molar refractivity (Wildman–Crippen MR) is 108 cm³/mol. The third kappa shape index (κ3) is 5.03.